The third kappa shape index (κ3) is 3.00. The number of nitrogens with zero attached hydrogens (tertiary/aromatic N) is 2. The second kappa shape index (κ2) is 6.65. The first-order valence-corrected chi connectivity index (χ1v) is 8.44. The van der Waals surface area contributed by atoms with Gasteiger partial charge in [0.05, 0.1) is 0 Å². The van der Waals surface area contributed by atoms with Crippen molar-refractivity contribution in [2.45, 2.75) is 37.6 Å². The molecule has 4 rings (SSSR count). The quantitative estimate of drug-likeness (QED) is 0.651. The molecule has 1 saturated heterocycles. The van der Waals surface area contributed by atoms with E-state index in [1.165, 1.54) is 0 Å². The van der Waals surface area contributed by atoms with E-state index in [-0.39, 0.29) is 5.56 Å². The molecule has 1 aliphatic heterocycles. The SMILES string of the molecule is Cc1ccnc2c1ccn2[C@@H]1O[C@H]([C@H](O)c2cc(F)cc(F)c2)[C@@H](O)[C@H]1O. The molecule has 142 valence electrons. The molecule has 0 spiro atoms. The monoisotopic (exact) mass is 376 g/mol. The summed E-state index contributed by atoms with van der Waals surface area (Å²) in [4.78, 5) is 4.29. The van der Waals surface area contributed by atoms with Crippen LogP contribution < -0.4 is 0 Å². The van der Waals surface area contributed by atoms with E-state index in [2.05, 4.69) is 4.98 Å². The second-order valence-corrected chi connectivity index (χ2v) is 6.71. The number of aryl methyl sites for hydroxylation is 1. The third-order valence-electron chi connectivity index (χ3n) is 4.92. The van der Waals surface area contributed by atoms with Crippen LogP contribution in [0.15, 0.2) is 42.7 Å². The van der Waals surface area contributed by atoms with E-state index >= 15 is 0 Å². The van der Waals surface area contributed by atoms with Crippen LogP contribution in [-0.2, 0) is 4.74 Å². The summed E-state index contributed by atoms with van der Waals surface area (Å²) >= 11 is 0. The summed E-state index contributed by atoms with van der Waals surface area (Å²) in [5, 5.41) is 32.2. The van der Waals surface area contributed by atoms with Gasteiger partial charge in [0.15, 0.2) is 6.23 Å². The van der Waals surface area contributed by atoms with Gasteiger partial charge in [0, 0.05) is 23.8 Å². The number of ether oxygens (including phenoxy) is 1. The summed E-state index contributed by atoms with van der Waals surface area (Å²) in [5.74, 6) is -1.71. The predicted molar refractivity (Wildman–Crippen MR) is 91.7 cm³/mol. The molecule has 0 aliphatic carbocycles. The Hall–Kier alpha value is -2.39. The van der Waals surface area contributed by atoms with Crippen molar-refractivity contribution in [3.05, 3.63) is 65.5 Å². The van der Waals surface area contributed by atoms with Gasteiger partial charge in [-0.2, -0.15) is 0 Å². The number of benzene rings is 1. The number of aromatic nitrogens is 2. The molecule has 3 aromatic rings. The van der Waals surface area contributed by atoms with E-state index in [0.29, 0.717) is 11.7 Å². The molecule has 0 saturated carbocycles. The smallest absolute Gasteiger partial charge is 0.164 e. The fourth-order valence-corrected chi connectivity index (χ4v) is 3.51. The van der Waals surface area contributed by atoms with Gasteiger partial charge in [0.2, 0.25) is 0 Å². The van der Waals surface area contributed by atoms with E-state index in [0.717, 1.165) is 23.1 Å². The molecule has 0 amide bonds. The fourth-order valence-electron chi connectivity index (χ4n) is 3.51. The van der Waals surface area contributed by atoms with Crippen LogP contribution >= 0.6 is 0 Å². The molecule has 5 atom stereocenters. The Kier molecular flexibility index (Phi) is 4.43. The van der Waals surface area contributed by atoms with Crippen LogP contribution in [-0.4, -0.2) is 43.2 Å². The van der Waals surface area contributed by atoms with Crippen molar-refractivity contribution >= 4 is 11.0 Å². The van der Waals surface area contributed by atoms with Crippen LogP contribution in [0.2, 0.25) is 0 Å². The lowest BCUT2D eigenvalue weighted by atomic mass is 9.99. The van der Waals surface area contributed by atoms with E-state index in [4.69, 9.17) is 4.74 Å². The molecule has 0 radical (unpaired) electrons. The summed E-state index contributed by atoms with van der Waals surface area (Å²) in [6.45, 7) is 1.92. The van der Waals surface area contributed by atoms with Crippen molar-refractivity contribution in [3.8, 4) is 0 Å². The maximum atomic E-state index is 13.4. The third-order valence-corrected chi connectivity index (χ3v) is 4.92. The number of hydrogen-bond donors (Lipinski definition) is 3. The Morgan fingerprint density at radius 2 is 1.81 bits per heavy atom. The first-order valence-electron chi connectivity index (χ1n) is 8.44. The molecule has 0 unspecified atom stereocenters. The van der Waals surface area contributed by atoms with Gasteiger partial charge in [-0.15, -0.1) is 0 Å². The number of rotatable bonds is 3. The largest absolute Gasteiger partial charge is 0.387 e. The van der Waals surface area contributed by atoms with E-state index in [1.807, 2.05) is 19.1 Å². The minimum Gasteiger partial charge on any atom is -0.387 e. The molecule has 3 heterocycles. The van der Waals surface area contributed by atoms with Crippen molar-refractivity contribution in [2.75, 3.05) is 0 Å². The average molecular weight is 376 g/mol. The minimum atomic E-state index is -1.53. The molecule has 2 aromatic heterocycles. The lowest BCUT2D eigenvalue weighted by Gasteiger charge is -2.21. The molecule has 27 heavy (non-hydrogen) atoms. The molecule has 6 nitrogen and oxygen atoms in total. The Balaban J connectivity index is 1.67. The number of fused-ring (bicyclic) bond motifs is 1. The van der Waals surface area contributed by atoms with E-state index in [9.17, 15) is 24.1 Å². The zero-order chi connectivity index (χ0) is 19.3. The highest BCUT2D eigenvalue weighted by molar-refractivity contribution is 5.79. The van der Waals surface area contributed by atoms with Crippen LogP contribution in [0.25, 0.3) is 11.0 Å². The highest BCUT2D eigenvalue weighted by atomic mass is 19.1. The lowest BCUT2D eigenvalue weighted by Crippen LogP contribution is -2.34. The molecule has 1 aromatic carbocycles. The average Bonchev–Trinajstić information content (AvgIpc) is 3.17. The summed E-state index contributed by atoms with van der Waals surface area (Å²) in [5.41, 5.74) is 1.45. The number of halogens is 2. The van der Waals surface area contributed by atoms with Crippen molar-refractivity contribution in [3.63, 3.8) is 0 Å². The van der Waals surface area contributed by atoms with Gasteiger partial charge < -0.3 is 24.6 Å². The standard InChI is InChI=1S/C19H18F2N2O4/c1-9-2-4-22-18-13(9)3-5-23(18)19-16(26)15(25)17(27-19)14(24)10-6-11(20)8-12(21)7-10/h2-8,14-17,19,24-26H,1H3/t14-,15+,16-,17-,19-/m1/s1. The van der Waals surface area contributed by atoms with Crippen LogP contribution in [0, 0.1) is 18.6 Å². The second-order valence-electron chi connectivity index (χ2n) is 6.71. The highest BCUT2D eigenvalue weighted by Crippen LogP contribution is 2.37. The van der Waals surface area contributed by atoms with Crippen molar-refractivity contribution < 1.29 is 28.8 Å². The Morgan fingerprint density at radius 3 is 2.52 bits per heavy atom. The predicted octanol–water partition coefficient (Wildman–Crippen LogP) is 1.98. The molecular weight excluding hydrogens is 358 g/mol. The van der Waals surface area contributed by atoms with E-state index < -0.39 is 42.3 Å². The maximum absolute atomic E-state index is 13.4. The minimum absolute atomic E-state index is 0.0873. The molecule has 0 bridgehead atoms. The van der Waals surface area contributed by atoms with Crippen LogP contribution in [0.5, 0.6) is 0 Å². The Labute approximate surface area is 153 Å². The maximum Gasteiger partial charge on any atom is 0.164 e. The summed E-state index contributed by atoms with van der Waals surface area (Å²) in [6, 6.07) is 6.25. The molecule has 1 fully saturated rings. The fraction of sp³-hybridized carbons (Fsp3) is 0.316. The van der Waals surface area contributed by atoms with Crippen LogP contribution in [0.1, 0.15) is 23.5 Å². The van der Waals surface area contributed by atoms with Gasteiger partial charge in [-0.25, -0.2) is 13.8 Å². The molecule has 8 heteroatoms. The Morgan fingerprint density at radius 1 is 1.11 bits per heavy atom. The van der Waals surface area contributed by atoms with Gasteiger partial charge in [-0.3, -0.25) is 0 Å². The first-order chi connectivity index (χ1) is 12.9. The van der Waals surface area contributed by atoms with E-state index in [1.54, 1.807) is 17.0 Å². The zero-order valence-electron chi connectivity index (χ0n) is 14.3. The van der Waals surface area contributed by atoms with Crippen molar-refractivity contribution in [1.29, 1.82) is 0 Å². The Bertz CT molecular complexity index is 973. The lowest BCUT2D eigenvalue weighted by molar-refractivity contribution is -0.0849. The highest BCUT2D eigenvalue weighted by Gasteiger charge is 2.47. The van der Waals surface area contributed by atoms with Crippen molar-refractivity contribution in [2.24, 2.45) is 0 Å². The number of hydrogen-bond acceptors (Lipinski definition) is 5. The first kappa shape index (κ1) is 18.0. The van der Waals surface area contributed by atoms with Crippen molar-refractivity contribution in [1.82, 2.24) is 9.55 Å². The van der Waals surface area contributed by atoms with Gasteiger partial charge in [0.25, 0.3) is 0 Å². The van der Waals surface area contributed by atoms with Gasteiger partial charge in [0.1, 0.15) is 41.7 Å². The van der Waals surface area contributed by atoms with Crippen LogP contribution in [0.3, 0.4) is 0 Å². The van der Waals surface area contributed by atoms with Gasteiger partial charge >= 0.3 is 0 Å². The van der Waals surface area contributed by atoms with Gasteiger partial charge in [-0.1, -0.05) is 0 Å². The summed E-state index contributed by atoms with van der Waals surface area (Å²) in [7, 11) is 0. The normalized spacial score (nSPS) is 26.6. The number of aliphatic hydroxyl groups is 3. The number of aliphatic hydroxyl groups excluding tert-OH is 3. The summed E-state index contributed by atoms with van der Waals surface area (Å²) < 4.78 is 34.2. The molecular formula is C19H18F2N2O4. The molecule has 3 N–H and O–H groups in total. The van der Waals surface area contributed by atoms with Gasteiger partial charge in [-0.05, 0) is 42.3 Å². The van der Waals surface area contributed by atoms with Crippen LogP contribution in [0.4, 0.5) is 8.78 Å². The topological polar surface area (TPSA) is 87.7 Å². The summed E-state index contributed by atoms with van der Waals surface area (Å²) in [6.07, 6.45) is -3.34. The zero-order valence-corrected chi connectivity index (χ0v) is 14.3. The molecule has 1 aliphatic rings. The number of pyridine rings is 1.